The third-order valence-electron chi connectivity index (χ3n) is 6.06. The third-order valence-corrected chi connectivity index (χ3v) is 7.92. The van der Waals surface area contributed by atoms with Crippen LogP contribution in [0.4, 0.5) is 5.69 Å². The molecule has 35 heavy (non-hydrogen) atoms. The lowest BCUT2D eigenvalue weighted by Gasteiger charge is -2.22. The fourth-order valence-corrected chi connectivity index (χ4v) is 5.32. The molecule has 0 aliphatic carbocycles. The van der Waals surface area contributed by atoms with Gasteiger partial charge in [-0.1, -0.05) is 30.3 Å². The predicted octanol–water partition coefficient (Wildman–Crippen LogP) is 4.49. The van der Waals surface area contributed by atoms with Crippen molar-refractivity contribution >= 4 is 26.6 Å². The van der Waals surface area contributed by atoms with Crippen LogP contribution < -0.4 is 5.56 Å². The summed E-state index contributed by atoms with van der Waals surface area (Å²) in [6.45, 7) is 3.94. The zero-order chi connectivity index (χ0) is 25.2. The van der Waals surface area contributed by atoms with Crippen LogP contribution in [0.3, 0.4) is 0 Å². The lowest BCUT2D eigenvalue weighted by molar-refractivity contribution is -0.384. The van der Waals surface area contributed by atoms with Crippen LogP contribution in [0.15, 0.2) is 82.5 Å². The highest BCUT2D eigenvalue weighted by atomic mass is 32.2. The number of pyridine rings is 1. The lowest BCUT2D eigenvalue weighted by atomic mass is 10.0. The molecule has 180 valence electrons. The van der Waals surface area contributed by atoms with E-state index in [2.05, 4.69) is 4.98 Å². The molecule has 1 N–H and O–H groups in total. The first kappa shape index (κ1) is 24.3. The van der Waals surface area contributed by atoms with Gasteiger partial charge in [-0.15, -0.1) is 0 Å². The molecule has 9 heteroatoms. The Labute approximate surface area is 203 Å². The summed E-state index contributed by atoms with van der Waals surface area (Å²) in [5.74, 6) is 0. The highest BCUT2D eigenvalue weighted by Crippen LogP contribution is 2.23. The molecule has 8 nitrogen and oxygen atoms in total. The summed E-state index contributed by atoms with van der Waals surface area (Å²) < 4.78 is 28.4. The number of nitro benzene ring substituents is 1. The number of hydrogen-bond acceptors (Lipinski definition) is 5. The smallest absolute Gasteiger partial charge is 0.269 e. The topological polar surface area (TPSA) is 113 Å². The quantitative estimate of drug-likeness (QED) is 0.288. The van der Waals surface area contributed by atoms with Crippen molar-refractivity contribution in [2.24, 2.45) is 0 Å². The van der Waals surface area contributed by atoms with Crippen LogP contribution in [0.25, 0.3) is 10.9 Å². The van der Waals surface area contributed by atoms with Crippen LogP contribution >= 0.6 is 0 Å². The zero-order valence-corrected chi connectivity index (χ0v) is 20.2. The highest BCUT2D eigenvalue weighted by Gasteiger charge is 2.26. The van der Waals surface area contributed by atoms with Crippen LogP contribution in [-0.2, 0) is 23.0 Å². The van der Waals surface area contributed by atoms with Crippen molar-refractivity contribution in [1.29, 1.82) is 0 Å². The highest BCUT2D eigenvalue weighted by molar-refractivity contribution is 7.89. The van der Waals surface area contributed by atoms with Crippen molar-refractivity contribution in [3.8, 4) is 0 Å². The molecule has 1 heterocycles. The Kier molecular flexibility index (Phi) is 6.81. The summed E-state index contributed by atoms with van der Waals surface area (Å²) in [6, 6.07) is 19.8. The summed E-state index contributed by atoms with van der Waals surface area (Å²) in [6.07, 6.45) is 0.441. The fraction of sp³-hybridized carbons (Fsp3) is 0.192. The minimum atomic E-state index is -4.04. The van der Waals surface area contributed by atoms with Crippen molar-refractivity contribution < 1.29 is 13.3 Å². The molecule has 0 radical (unpaired) electrons. The number of nitro groups is 1. The van der Waals surface area contributed by atoms with Crippen LogP contribution in [0.1, 0.15) is 22.3 Å². The largest absolute Gasteiger partial charge is 0.322 e. The normalized spacial score (nSPS) is 11.7. The number of aryl methyl sites for hydroxylation is 2. The summed E-state index contributed by atoms with van der Waals surface area (Å²) in [5.41, 5.74) is 3.52. The van der Waals surface area contributed by atoms with Crippen LogP contribution in [0.2, 0.25) is 0 Å². The summed E-state index contributed by atoms with van der Waals surface area (Å²) in [7, 11) is -4.04. The van der Waals surface area contributed by atoms with Crippen molar-refractivity contribution in [3.63, 3.8) is 0 Å². The molecule has 0 atom stereocenters. The molecule has 4 rings (SSSR count). The van der Waals surface area contributed by atoms with E-state index in [1.165, 1.54) is 16.4 Å². The molecule has 0 unspecified atom stereocenters. The average molecular weight is 492 g/mol. The van der Waals surface area contributed by atoms with E-state index in [1.54, 1.807) is 6.07 Å². The van der Waals surface area contributed by atoms with Gasteiger partial charge in [0.15, 0.2) is 0 Å². The number of non-ortho nitro benzene ring substituents is 1. The van der Waals surface area contributed by atoms with Crippen LogP contribution in [0.5, 0.6) is 0 Å². The number of nitrogens with one attached hydrogen (secondary N) is 1. The van der Waals surface area contributed by atoms with Crippen LogP contribution in [0, 0.1) is 24.0 Å². The summed E-state index contributed by atoms with van der Waals surface area (Å²) >= 11 is 0. The van der Waals surface area contributed by atoms with Crippen LogP contribution in [-0.4, -0.2) is 29.2 Å². The van der Waals surface area contributed by atoms with Gasteiger partial charge in [-0.25, -0.2) is 8.42 Å². The predicted molar refractivity (Wildman–Crippen MR) is 135 cm³/mol. The van der Waals surface area contributed by atoms with Gasteiger partial charge < -0.3 is 4.98 Å². The van der Waals surface area contributed by atoms with Gasteiger partial charge >= 0.3 is 0 Å². The number of aromatic nitrogens is 1. The second-order valence-electron chi connectivity index (χ2n) is 8.47. The summed E-state index contributed by atoms with van der Waals surface area (Å²) in [4.78, 5) is 26.1. The van der Waals surface area contributed by atoms with E-state index >= 15 is 0 Å². The van der Waals surface area contributed by atoms with Crippen molar-refractivity contribution in [3.05, 3.63) is 116 Å². The fourth-order valence-electron chi connectivity index (χ4n) is 3.90. The number of aromatic amines is 1. The number of sulfonamides is 1. The Balaban J connectivity index is 1.72. The number of nitrogens with zero attached hydrogens (tertiary/aromatic N) is 2. The van der Waals surface area contributed by atoms with Gasteiger partial charge in [0.1, 0.15) is 0 Å². The van der Waals surface area contributed by atoms with E-state index in [9.17, 15) is 23.3 Å². The molecule has 0 bridgehead atoms. The SMILES string of the molecule is Cc1cc2cc(CN(CCc3ccccc3)S(=O)(=O)c3ccc([N+](=O)[O-])cc3)c(=O)[nH]c2cc1C. The molecule has 0 saturated carbocycles. The van der Waals surface area contributed by atoms with E-state index in [-0.39, 0.29) is 29.2 Å². The van der Waals surface area contributed by atoms with E-state index < -0.39 is 14.9 Å². The van der Waals surface area contributed by atoms with Gasteiger partial charge in [-0.3, -0.25) is 14.9 Å². The van der Waals surface area contributed by atoms with Gasteiger partial charge in [0, 0.05) is 36.3 Å². The Hall–Kier alpha value is -3.82. The molecule has 0 fully saturated rings. The van der Waals surface area contributed by atoms with Crippen molar-refractivity contribution in [2.45, 2.75) is 31.7 Å². The molecular formula is C26H25N3O5S. The third kappa shape index (κ3) is 5.31. The maximum Gasteiger partial charge on any atom is 0.269 e. The molecule has 1 aromatic heterocycles. The Morgan fingerprint density at radius 2 is 1.60 bits per heavy atom. The van der Waals surface area contributed by atoms with Gasteiger partial charge in [-0.2, -0.15) is 4.31 Å². The molecule has 3 aromatic carbocycles. The summed E-state index contributed by atoms with van der Waals surface area (Å²) in [5, 5.41) is 11.8. The first-order valence-electron chi connectivity index (χ1n) is 11.1. The molecular weight excluding hydrogens is 466 g/mol. The number of fused-ring (bicyclic) bond motifs is 1. The zero-order valence-electron chi connectivity index (χ0n) is 19.4. The maximum absolute atomic E-state index is 13.6. The molecule has 0 aliphatic rings. The first-order valence-corrected chi connectivity index (χ1v) is 12.5. The lowest BCUT2D eigenvalue weighted by Crippen LogP contribution is -2.34. The number of H-pyrrole nitrogens is 1. The van der Waals surface area contributed by atoms with E-state index in [0.29, 0.717) is 17.5 Å². The van der Waals surface area contributed by atoms with Gasteiger partial charge in [0.25, 0.3) is 11.2 Å². The number of rotatable bonds is 8. The average Bonchev–Trinajstić information content (AvgIpc) is 2.83. The van der Waals surface area contributed by atoms with E-state index in [0.717, 1.165) is 34.2 Å². The maximum atomic E-state index is 13.6. The first-order chi connectivity index (χ1) is 16.6. The van der Waals surface area contributed by atoms with Crippen molar-refractivity contribution in [2.75, 3.05) is 6.54 Å². The van der Waals surface area contributed by atoms with E-state index in [4.69, 9.17) is 0 Å². The Morgan fingerprint density at radius 3 is 2.26 bits per heavy atom. The standard InChI is InChI=1S/C26H25N3O5S/c1-18-14-21-16-22(26(30)27-25(21)15-19(18)2)17-28(13-12-20-6-4-3-5-7-20)35(33,34)24-10-8-23(9-11-24)29(31)32/h3-11,14-16H,12-13,17H2,1-2H3,(H,27,30). The number of benzene rings is 3. The van der Waals surface area contributed by atoms with E-state index in [1.807, 2.05) is 56.3 Å². The van der Waals surface area contributed by atoms with Gasteiger partial charge in [0.2, 0.25) is 10.0 Å². The molecule has 0 amide bonds. The van der Waals surface area contributed by atoms with Crippen molar-refractivity contribution in [1.82, 2.24) is 9.29 Å². The number of hydrogen-bond donors (Lipinski definition) is 1. The Morgan fingerprint density at radius 1 is 0.943 bits per heavy atom. The molecule has 0 aliphatic heterocycles. The molecule has 0 saturated heterocycles. The minimum absolute atomic E-state index is 0.0696. The van der Waals surface area contributed by atoms with Gasteiger partial charge in [-0.05, 0) is 72.7 Å². The second kappa shape index (κ2) is 9.81. The minimum Gasteiger partial charge on any atom is -0.322 e. The monoisotopic (exact) mass is 491 g/mol. The Bertz CT molecular complexity index is 1550. The second-order valence-corrected chi connectivity index (χ2v) is 10.4. The molecule has 0 spiro atoms. The van der Waals surface area contributed by atoms with Gasteiger partial charge in [0.05, 0.1) is 9.82 Å². The molecule has 4 aromatic rings.